The number of amides is 1. The van der Waals surface area contributed by atoms with Gasteiger partial charge in [0.15, 0.2) is 0 Å². The molecule has 138 valence electrons. The van der Waals surface area contributed by atoms with Gasteiger partial charge in [-0.1, -0.05) is 0 Å². The summed E-state index contributed by atoms with van der Waals surface area (Å²) < 4.78 is 0. The second-order valence-corrected chi connectivity index (χ2v) is 7.09. The van der Waals surface area contributed by atoms with Crippen molar-refractivity contribution in [2.45, 2.75) is 19.8 Å². The van der Waals surface area contributed by atoms with E-state index in [1.165, 1.54) is 0 Å². The van der Waals surface area contributed by atoms with Crippen LogP contribution in [0.1, 0.15) is 17.7 Å². The molecule has 0 aromatic carbocycles. The summed E-state index contributed by atoms with van der Waals surface area (Å²) in [6.45, 7) is 4.58. The van der Waals surface area contributed by atoms with E-state index in [2.05, 4.69) is 26.9 Å². The molecule has 1 fully saturated rings. The molecule has 1 unspecified atom stereocenters. The van der Waals surface area contributed by atoms with Gasteiger partial charge in [-0.2, -0.15) is 0 Å². The van der Waals surface area contributed by atoms with Crippen molar-refractivity contribution in [3.05, 3.63) is 46.1 Å². The van der Waals surface area contributed by atoms with Gasteiger partial charge in [-0.15, -0.1) is 0 Å². The molecular formula is C19H25N5O2. The van der Waals surface area contributed by atoms with E-state index >= 15 is 0 Å². The molecule has 1 saturated heterocycles. The van der Waals surface area contributed by atoms with Crippen LogP contribution in [-0.2, 0) is 11.2 Å². The van der Waals surface area contributed by atoms with Crippen molar-refractivity contribution in [2.75, 3.05) is 33.7 Å². The standard InChI is InChI=1S/C19H25N5O2/c1-13-16(9-17(25)24(3)12-14-6-8-23(2)11-14)19(26)22-18(21-13)15-5-4-7-20-10-15/h4-5,7,10,14H,6,8-9,11-12H2,1-3H3,(H,21,22,26). The number of likely N-dealkylation sites (N-methyl/N-ethyl adjacent to an activating group) is 1. The highest BCUT2D eigenvalue weighted by Gasteiger charge is 2.23. The largest absolute Gasteiger partial charge is 0.345 e. The fourth-order valence-electron chi connectivity index (χ4n) is 3.41. The first-order valence-electron chi connectivity index (χ1n) is 8.86. The molecule has 1 N–H and O–H groups in total. The molecule has 1 aliphatic rings. The summed E-state index contributed by atoms with van der Waals surface area (Å²) in [4.78, 5) is 40.3. The number of carbonyl (C=O) groups is 1. The number of rotatable bonds is 5. The van der Waals surface area contributed by atoms with E-state index in [-0.39, 0.29) is 17.9 Å². The lowest BCUT2D eigenvalue weighted by Gasteiger charge is -2.21. The molecule has 0 radical (unpaired) electrons. The number of nitrogens with zero attached hydrogens (tertiary/aromatic N) is 4. The van der Waals surface area contributed by atoms with E-state index in [4.69, 9.17) is 0 Å². The molecule has 3 rings (SSSR count). The smallest absolute Gasteiger partial charge is 0.255 e. The lowest BCUT2D eigenvalue weighted by molar-refractivity contribution is -0.129. The highest BCUT2D eigenvalue weighted by Crippen LogP contribution is 2.16. The summed E-state index contributed by atoms with van der Waals surface area (Å²) in [5, 5.41) is 0. The van der Waals surface area contributed by atoms with Crippen molar-refractivity contribution in [3.8, 4) is 11.4 Å². The van der Waals surface area contributed by atoms with Gasteiger partial charge < -0.3 is 14.8 Å². The number of carbonyl (C=O) groups excluding carboxylic acids is 1. The first-order chi connectivity index (χ1) is 12.4. The van der Waals surface area contributed by atoms with Gasteiger partial charge in [-0.3, -0.25) is 14.6 Å². The Morgan fingerprint density at radius 1 is 1.46 bits per heavy atom. The van der Waals surface area contributed by atoms with E-state index in [9.17, 15) is 9.59 Å². The number of hydrogen-bond acceptors (Lipinski definition) is 5. The Bertz CT molecular complexity index is 834. The van der Waals surface area contributed by atoms with Crippen molar-refractivity contribution in [1.82, 2.24) is 24.8 Å². The molecule has 0 bridgehead atoms. The number of pyridine rings is 1. The Morgan fingerprint density at radius 2 is 2.27 bits per heavy atom. The molecule has 1 atom stereocenters. The molecule has 2 aromatic heterocycles. The van der Waals surface area contributed by atoms with Crippen molar-refractivity contribution in [3.63, 3.8) is 0 Å². The average molecular weight is 355 g/mol. The van der Waals surface area contributed by atoms with Gasteiger partial charge in [0.25, 0.3) is 5.56 Å². The van der Waals surface area contributed by atoms with Gasteiger partial charge in [0.2, 0.25) is 5.91 Å². The quantitative estimate of drug-likeness (QED) is 0.868. The summed E-state index contributed by atoms with van der Waals surface area (Å²) in [6.07, 6.45) is 4.49. The molecular weight excluding hydrogens is 330 g/mol. The maximum Gasteiger partial charge on any atom is 0.255 e. The number of nitrogens with one attached hydrogen (secondary N) is 1. The van der Waals surface area contributed by atoms with Gasteiger partial charge in [-0.25, -0.2) is 4.98 Å². The van der Waals surface area contributed by atoms with Crippen molar-refractivity contribution in [1.29, 1.82) is 0 Å². The first kappa shape index (κ1) is 18.3. The zero-order valence-electron chi connectivity index (χ0n) is 15.5. The van der Waals surface area contributed by atoms with E-state index < -0.39 is 0 Å². The molecule has 1 aliphatic heterocycles. The fraction of sp³-hybridized carbons (Fsp3) is 0.474. The van der Waals surface area contributed by atoms with Crippen LogP contribution in [0.2, 0.25) is 0 Å². The van der Waals surface area contributed by atoms with Crippen LogP contribution >= 0.6 is 0 Å². The first-order valence-corrected chi connectivity index (χ1v) is 8.86. The Labute approximate surface area is 153 Å². The molecule has 0 saturated carbocycles. The Kier molecular flexibility index (Phi) is 5.46. The normalized spacial score (nSPS) is 17.4. The molecule has 0 spiro atoms. The van der Waals surface area contributed by atoms with Crippen LogP contribution in [0, 0.1) is 12.8 Å². The van der Waals surface area contributed by atoms with Crippen LogP contribution in [-0.4, -0.2) is 64.4 Å². The summed E-state index contributed by atoms with van der Waals surface area (Å²) in [7, 11) is 3.90. The maximum absolute atomic E-state index is 12.6. The van der Waals surface area contributed by atoms with Gasteiger partial charge in [0.1, 0.15) is 5.82 Å². The minimum absolute atomic E-state index is 0.0518. The van der Waals surface area contributed by atoms with Crippen LogP contribution < -0.4 is 5.56 Å². The summed E-state index contributed by atoms with van der Waals surface area (Å²) in [5.74, 6) is 0.919. The van der Waals surface area contributed by atoms with Crippen molar-refractivity contribution >= 4 is 5.91 Å². The number of likely N-dealkylation sites (tertiary alicyclic amines) is 1. The highest BCUT2D eigenvalue weighted by atomic mass is 16.2. The maximum atomic E-state index is 12.6. The predicted molar refractivity (Wildman–Crippen MR) is 99.8 cm³/mol. The summed E-state index contributed by atoms with van der Waals surface area (Å²) in [6, 6.07) is 3.62. The van der Waals surface area contributed by atoms with Crippen LogP contribution in [0.15, 0.2) is 29.3 Å². The molecule has 2 aromatic rings. The SMILES string of the molecule is Cc1nc(-c2cccnc2)[nH]c(=O)c1CC(=O)N(C)CC1CCN(C)C1. The third kappa shape index (κ3) is 4.16. The summed E-state index contributed by atoms with van der Waals surface area (Å²) >= 11 is 0. The third-order valence-corrected chi connectivity index (χ3v) is 4.93. The number of aromatic nitrogens is 3. The summed E-state index contributed by atoms with van der Waals surface area (Å²) in [5.41, 5.74) is 1.49. The van der Waals surface area contributed by atoms with E-state index in [1.54, 1.807) is 30.3 Å². The molecule has 7 heteroatoms. The Balaban J connectivity index is 1.71. The minimum Gasteiger partial charge on any atom is -0.345 e. The van der Waals surface area contributed by atoms with Crippen LogP contribution in [0.3, 0.4) is 0 Å². The van der Waals surface area contributed by atoms with E-state index in [0.717, 1.165) is 31.6 Å². The minimum atomic E-state index is -0.265. The molecule has 3 heterocycles. The van der Waals surface area contributed by atoms with Gasteiger partial charge in [0, 0.05) is 49.4 Å². The van der Waals surface area contributed by atoms with Crippen LogP contribution in [0.25, 0.3) is 11.4 Å². The predicted octanol–water partition coefficient (Wildman–Crippen LogP) is 1.09. The zero-order chi connectivity index (χ0) is 18.7. The number of hydrogen-bond donors (Lipinski definition) is 1. The molecule has 7 nitrogen and oxygen atoms in total. The second kappa shape index (κ2) is 7.78. The number of aryl methyl sites for hydroxylation is 1. The zero-order valence-corrected chi connectivity index (χ0v) is 15.5. The Hall–Kier alpha value is -2.54. The van der Waals surface area contributed by atoms with Gasteiger partial charge >= 0.3 is 0 Å². The lowest BCUT2D eigenvalue weighted by Crippen LogP contribution is -2.35. The van der Waals surface area contributed by atoms with Crippen LogP contribution in [0.5, 0.6) is 0 Å². The third-order valence-electron chi connectivity index (χ3n) is 4.93. The van der Waals surface area contributed by atoms with E-state index in [1.807, 2.05) is 13.1 Å². The van der Waals surface area contributed by atoms with Crippen LogP contribution in [0.4, 0.5) is 0 Å². The number of H-pyrrole nitrogens is 1. The average Bonchev–Trinajstić information content (AvgIpc) is 3.03. The molecule has 26 heavy (non-hydrogen) atoms. The fourth-order valence-corrected chi connectivity index (χ4v) is 3.41. The topological polar surface area (TPSA) is 82.2 Å². The lowest BCUT2D eigenvalue weighted by atomic mass is 10.1. The van der Waals surface area contributed by atoms with Crippen molar-refractivity contribution in [2.24, 2.45) is 5.92 Å². The van der Waals surface area contributed by atoms with Gasteiger partial charge in [-0.05, 0) is 45.0 Å². The molecule has 1 amide bonds. The monoisotopic (exact) mass is 355 g/mol. The van der Waals surface area contributed by atoms with E-state index in [0.29, 0.717) is 23.0 Å². The highest BCUT2D eigenvalue weighted by molar-refractivity contribution is 5.78. The second-order valence-electron chi connectivity index (χ2n) is 7.09. The number of aromatic amines is 1. The molecule has 0 aliphatic carbocycles. The van der Waals surface area contributed by atoms with Crippen molar-refractivity contribution < 1.29 is 4.79 Å². The van der Waals surface area contributed by atoms with Gasteiger partial charge in [0.05, 0.1) is 6.42 Å². The Morgan fingerprint density at radius 3 is 2.88 bits per heavy atom.